The maximum Gasteiger partial charge on any atom is 0.133 e. The number of imidazole rings is 1. The van der Waals surface area contributed by atoms with Crippen molar-refractivity contribution >= 4 is 10.9 Å². The molecule has 0 saturated carbocycles. The van der Waals surface area contributed by atoms with Crippen LogP contribution in [0.25, 0.3) is 10.9 Å². The fraction of sp³-hybridized carbons (Fsp3) is 0.278. The first-order chi connectivity index (χ1) is 11.9. The third kappa shape index (κ3) is 3.08. The van der Waals surface area contributed by atoms with E-state index in [9.17, 15) is 0 Å². The van der Waals surface area contributed by atoms with E-state index in [2.05, 4.69) is 60.2 Å². The van der Waals surface area contributed by atoms with Crippen LogP contribution in [0, 0.1) is 0 Å². The van der Waals surface area contributed by atoms with Crippen LogP contribution in [0.1, 0.15) is 23.5 Å². The molecule has 0 aliphatic rings. The highest BCUT2D eigenvalue weighted by Crippen LogP contribution is 2.19. The van der Waals surface area contributed by atoms with Gasteiger partial charge in [-0.05, 0) is 30.9 Å². The average Bonchev–Trinajstić information content (AvgIpc) is 3.34. The second-order valence-corrected chi connectivity index (χ2v) is 5.98. The van der Waals surface area contributed by atoms with Crippen LogP contribution in [-0.2, 0) is 25.8 Å². The van der Waals surface area contributed by atoms with Gasteiger partial charge in [-0.15, -0.1) is 10.2 Å². The van der Waals surface area contributed by atoms with E-state index in [-0.39, 0.29) is 0 Å². The number of H-pyrrole nitrogens is 2. The summed E-state index contributed by atoms with van der Waals surface area (Å²) in [7, 11) is 0. The molecule has 0 amide bonds. The van der Waals surface area contributed by atoms with Gasteiger partial charge in [0.2, 0.25) is 0 Å². The van der Waals surface area contributed by atoms with E-state index in [1.165, 1.54) is 22.2 Å². The van der Waals surface area contributed by atoms with Crippen LogP contribution in [-0.4, -0.2) is 29.7 Å². The number of nitrogens with one attached hydrogen (secondary N) is 2. The summed E-state index contributed by atoms with van der Waals surface area (Å²) in [6, 6.07) is 8.41. The third-order valence-electron chi connectivity index (χ3n) is 4.39. The molecule has 122 valence electrons. The quantitative estimate of drug-likeness (QED) is 0.550. The van der Waals surface area contributed by atoms with Gasteiger partial charge in [0.1, 0.15) is 12.2 Å². The van der Waals surface area contributed by atoms with Gasteiger partial charge in [0, 0.05) is 42.0 Å². The molecule has 2 N–H and O–H groups in total. The van der Waals surface area contributed by atoms with Crippen molar-refractivity contribution in [1.82, 2.24) is 29.7 Å². The fourth-order valence-corrected chi connectivity index (χ4v) is 3.11. The van der Waals surface area contributed by atoms with E-state index in [4.69, 9.17) is 0 Å². The molecule has 3 heterocycles. The topological polar surface area (TPSA) is 75.2 Å². The zero-order valence-electron chi connectivity index (χ0n) is 13.4. The van der Waals surface area contributed by atoms with Crippen molar-refractivity contribution in [2.45, 2.75) is 32.2 Å². The monoisotopic (exact) mass is 320 g/mol. The fourth-order valence-electron chi connectivity index (χ4n) is 3.11. The SMILES string of the molecule is c1ccc2c(CCc3nncn3CCCc3cnc[nH]3)c[nH]c2c1. The minimum absolute atomic E-state index is 0.895. The molecule has 0 atom stereocenters. The Balaban J connectivity index is 1.38. The molecule has 0 spiro atoms. The number of aryl methyl sites for hydroxylation is 4. The number of hydrogen-bond acceptors (Lipinski definition) is 3. The number of nitrogens with zero attached hydrogens (tertiary/aromatic N) is 4. The van der Waals surface area contributed by atoms with Gasteiger partial charge in [-0.2, -0.15) is 0 Å². The number of fused-ring (bicyclic) bond motifs is 1. The van der Waals surface area contributed by atoms with Gasteiger partial charge in [-0.25, -0.2) is 4.98 Å². The molecule has 0 aliphatic carbocycles. The molecule has 0 unspecified atom stereocenters. The van der Waals surface area contributed by atoms with Crippen molar-refractivity contribution in [3.8, 4) is 0 Å². The molecule has 0 radical (unpaired) electrons. The first-order valence-corrected chi connectivity index (χ1v) is 8.29. The van der Waals surface area contributed by atoms with E-state index < -0.39 is 0 Å². The first-order valence-electron chi connectivity index (χ1n) is 8.29. The van der Waals surface area contributed by atoms with Crippen LogP contribution in [0.2, 0.25) is 0 Å². The third-order valence-corrected chi connectivity index (χ3v) is 4.39. The molecule has 0 fully saturated rings. The Kier molecular flexibility index (Phi) is 4.10. The van der Waals surface area contributed by atoms with Crippen molar-refractivity contribution in [1.29, 1.82) is 0 Å². The van der Waals surface area contributed by atoms with Crippen molar-refractivity contribution in [2.75, 3.05) is 0 Å². The van der Waals surface area contributed by atoms with Crippen molar-refractivity contribution in [2.24, 2.45) is 0 Å². The van der Waals surface area contributed by atoms with E-state index in [0.29, 0.717) is 0 Å². The Hall–Kier alpha value is -2.89. The summed E-state index contributed by atoms with van der Waals surface area (Å²) in [4.78, 5) is 10.5. The van der Waals surface area contributed by atoms with Gasteiger partial charge in [0.05, 0.1) is 6.33 Å². The Morgan fingerprint density at radius 3 is 2.92 bits per heavy atom. The summed E-state index contributed by atoms with van der Waals surface area (Å²) < 4.78 is 2.16. The zero-order chi connectivity index (χ0) is 16.2. The Morgan fingerprint density at radius 2 is 2.00 bits per heavy atom. The molecule has 1 aromatic carbocycles. The highest BCUT2D eigenvalue weighted by Gasteiger charge is 2.08. The standard InChI is InChI=1S/C18H20N6/c1-2-6-17-16(5-1)14(10-20-17)7-8-18-23-22-13-24(18)9-3-4-15-11-19-12-21-15/h1-2,5-6,10-13,20H,3-4,7-9H2,(H,19,21). The largest absolute Gasteiger partial charge is 0.361 e. The van der Waals surface area contributed by atoms with Crippen molar-refractivity contribution in [3.63, 3.8) is 0 Å². The number of benzene rings is 1. The van der Waals surface area contributed by atoms with Gasteiger partial charge < -0.3 is 14.5 Å². The summed E-state index contributed by atoms with van der Waals surface area (Å²) in [5.41, 5.74) is 3.69. The van der Waals surface area contributed by atoms with Crippen LogP contribution in [0.15, 0.2) is 49.3 Å². The molecule has 6 nitrogen and oxygen atoms in total. The molecule has 0 aliphatic heterocycles. The van der Waals surface area contributed by atoms with E-state index in [0.717, 1.165) is 38.1 Å². The second-order valence-electron chi connectivity index (χ2n) is 5.98. The maximum absolute atomic E-state index is 4.29. The smallest absolute Gasteiger partial charge is 0.133 e. The van der Waals surface area contributed by atoms with Crippen LogP contribution in [0.3, 0.4) is 0 Å². The lowest BCUT2D eigenvalue weighted by atomic mass is 10.1. The summed E-state index contributed by atoms with van der Waals surface area (Å²) in [5, 5.41) is 9.67. The molecular formula is C18H20N6. The number of para-hydroxylation sites is 1. The van der Waals surface area contributed by atoms with E-state index >= 15 is 0 Å². The lowest BCUT2D eigenvalue weighted by Crippen LogP contribution is -2.05. The maximum atomic E-state index is 4.29. The molecule has 0 saturated heterocycles. The van der Waals surface area contributed by atoms with Crippen molar-refractivity contribution in [3.05, 3.63) is 66.4 Å². The number of aromatic amines is 2. The summed E-state index contributed by atoms with van der Waals surface area (Å²) in [6.45, 7) is 0.926. The lowest BCUT2D eigenvalue weighted by molar-refractivity contribution is 0.604. The number of hydrogen-bond donors (Lipinski definition) is 2. The molecule has 24 heavy (non-hydrogen) atoms. The summed E-state index contributed by atoms with van der Waals surface area (Å²) in [6.07, 6.45) is 11.4. The average molecular weight is 320 g/mol. The molecule has 6 heteroatoms. The predicted octanol–water partition coefficient (Wildman–Crippen LogP) is 2.90. The van der Waals surface area contributed by atoms with Gasteiger partial charge in [-0.1, -0.05) is 18.2 Å². The summed E-state index contributed by atoms with van der Waals surface area (Å²) >= 11 is 0. The molecule has 4 aromatic rings. The van der Waals surface area contributed by atoms with Crippen LogP contribution >= 0.6 is 0 Å². The minimum atomic E-state index is 0.895. The Bertz CT molecular complexity index is 903. The Morgan fingerprint density at radius 1 is 1.04 bits per heavy atom. The molecule has 3 aromatic heterocycles. The highest BCUT2D eigenvalue weighted by atomic mass is 15.3. The minimum Gasteiger partial charge on any atom is -0.361 e. The lowest BCUT2D eigenvalue weighted by Gasteiger charge is -2.06. The number of aromatic nitrogens is 6. The normalized spacial score (nSPS) is 11.3. The highest BCUT2D eigenvalue weighted by molar-refractivity contribution is 5.83. The zero-order valence-corrected chi connectivity index (χ0v) is 13.4. The summed E-state index contributed by atoms with van der Waals surface area (Å²) in [5.74, 6) is 1.05. The van der Waals surface area contributed by atoms with Gasteiger partial charge in [0.15, 0.2) is 0 Å². The van der Waals surface area contributed by atoms with E-state index in [1.54, 1.807) is 6.33 Å². The van der Waals surface area contributed by atoms with Gasteiger partial charge >= 0.3 is 0 Å². The Labute approximate surface area is 140 Å². The van der Waals surface area contributed by atoms with Crippen LogP contribution in [0.5, 0.6) is 0 Å². The first kappa shape index (κ1) is 14.7. The van der Waals surface area contributed by atoms with Crippen molar-refractivity contribution < 1.29 is 0 Å². The van der Waals surface area contributed by atoms with Crippen LogP contribution < -0.4 is 0 Å². The molecular weight excluding hydrogens is 300 g/mol. The molecule has 4 rings (SSSR count). The van der Waals surface area contributed by atoms with E-state index in [1.807, 2.05) is 12.5 Å². The molecule has 0 bridgehead atoms. The predicted molar refractivity (Wildman–Crippen MR) is 92.6 cm³/mol. The van der Waals surface area contributed by atoms with Gasteiger partial charge in [0.25, 0.3) is 0 Å². The second kappa shape index (κ2) is 6.70. The number of rotatable bonds is 7. The van der Waals surface area contributed by atoms with Gasteiger partial charge in [-0.3, -0.25) is 0 Å². The van der Waals surface area contributed by atoms with Crippen LogP contribution in [0.4, 0.5) is 0 Å².